The number of unbranched alkanes of at least 4 members (excludes halogenated alkanes) is 1. The van der Waals surface area contributed by atoms with Crippen molar-refractivity contribution in [2.45, 2.75) is 51.6 Å². The highest BCUT2D eigenvalue weighted by molar-refractivity contribution is 4.83. The molecule has 0 amide bonds. The summed E-state index contributed by atoms with van der Waals surface area (Å²) in [6.07, 6.45) is 10.2. The van der Waals surface area contributed by atoms with Crippen LogP contribution in [-0.4, -0.2) is 6.04 Å². The van der Waals surface area contributed by atoms with Crippen LogP contribution >= 0.6 is 0 Å². The third-order valence-electron chi connectivity index (χ3n) is 2.70. The van der Waals surface area contributed by atoms with E-state index in [2.05, 4.69) is 36.0 Å². The first kappa shape index (κ1) is 12.2. The number of pyridine rings is 1. The molecule has 0 radical (unpaired) electrons. The van der Waals surface area contributed by atoms with Gasteiger partial charge in [-0.1, -0.05) is 25.8 Å². The summed E-state index contributed by atoms with van der Waals surface area (Å²) in [6.45, 7) is 3.30. The number of rotatable bonds is 7. The van der Waals surface area contributed by atoms with Gasteiger partial charge in [0, 0.05) is 24.6 Å². The average molecular weight is 207 g/mol. The predicted octanol–water partition coefficient (Wildman–Crippen LogP) is 2.27. The molecule has 1 aromatic heterocycles. The topological polar surface area (TPSA) is 29.9 Å². The van der Waals surface area contributed by atoms with Crippen LogP contribution in [0.25, 0.3) is 0 Å². The normalized spacial score (nSPS) is 12.7. The van der Waals surface area contributed by atoms with Crippen LogP contribution in [0, 0.1) is 0 Å². The fourth-order valence-corrected chi connectivity index (χ4v) is 1.73. The highest BCUT2D eigenvalue weighted by Gasteiger charge is 2.03. The molecule has 0 aliphatic rings. The number of hydrogen-bond acceptors (Lipinski definition) is 1. The lowest BCUT2D eigenvalue weighted by Crippen LogP contribution is -2.33. The van der Waals surface area contributed by atoms with Crippen LogP contribution < -0.4 is 10.3 Å². The van der Waals surface area contributed by atoms with Crippen LogP contribution in [-0.2, 0) is 6.54 Å². The lowest BCUT2D eigenvalue weighted by molar-refractivity contribution is -0.697. The zero-order chi connectivity index (χ0) is 10.9. The fourth-order valence-electron chi connectivity index (χ4n) is 1.73. The lowest BCUT2D eigenvalue weighted by atomic mass is 10.1. The standard InChI is InChI=1S/C13H23N2/c1-2-3-8-13(14)9-7-12-15-10-5-4-6-11-15/h4-6,10-11,13H,2-3,7-9,12,14H2,1H3/q+1. The molecule has 0 saturated heterocycles. The first-order valence-corrected chi connectivity index (χ1v) is 6.02. The Morgan fingerprint density at radius 1 is 1.07 bits per heavy atom. The Kier molecular flexibility index (Phi) is 6.02. The van der Waals surface area contributed by atoms with E-state index in [-0.39, 0.29) is 0 Å². The number of hydrogen-bond donors (Lipinski definition) is 1. The van der Waals surface area contributed by atoms with Gasteiger partial charge in [-0.25, -0.2) is 4.57 Å². The van der Waals surface area contributed by atoms with Gasteiger partial charge < -0.3 is 5.73 Å². The highest BCUT2D eigenvalue weighted by Crippen LogP contribution is 2.04. The highest BCUT2D eigenvalue weighted by atomic mass is 14.9. The van der Waals surface area contributed by atoms with Crippen molar-refractivity contribution >= 4 is 0 Å². The van der Waals surface area contributed by atoms with Gasteiger partial charge in [0.1, 0.15) is 6.54 Å². The molecule has 0 aromatic carbocycles. The van der Waals surface area contributed by atoms with E-state index in [0.29, 0.717) is 6.04 Å². The maximum absolute atomic E-state index is 6.01. The maximum atomic E-state index is 6.01. The number of aromatic nitrogens is 1. The van der Waals surface area contributed by atoms with Crippen LogP contribution in [0.1, 0.15) is 39.0 Å². The molecule has 0 bridgehead atoms. The monoisotopic (exact) mass is 207 g/mol. The smallest absolute Gasteiger partial charge is 0.168 e. The molecule has 1 aromatic rings. The van der Waals surface area contributed by atoms with E-state index >= 15 is 0 Å². The minimum Gasteiger partial charge on any atom is -0.328 e. The third kappa shape index (κ3) is 5.53. The molecule has 0 aliphatic heterocycles. The molecule has 1 unspecified atom stereocenters. The Morgan fingerprint density at radius 3 is 2.40 bits per heavy atom. The van der Waals surface area contributed by atoms with Gasteiger partial charge in [-0.2, -0.15) is 0 Å². The van der Waals surface area contributed by atoms with Crippen molar-refractivity contribution in [1.82, 2.24) is 0 Å². The van der Waals surface area contributed by atoms with Gasteiger partial charge in [0.05, 0.1) is 0 Å². The van der Waals surface area contributed by atoms with Crippen LogP contribution in [0.5, 0.6) is 0 Å². The van der Waals surface area contributed by atoms with Gasteiger partial charge in [-0.15, -0.1) is 0 Å². The van der Waals surface area contributed by atoms with E-state index in [9.17, 15) is 0 Å². The van der Waals surface area contributed by atoms with E-state index < -0.39 is 0 Å². The molecule has 2 nitrogen and oxygen atoms in total. The van der Waals surface area contributed by atoms with Gasteiger partial charge in [-0.3, -0.25) is 0 Å². The first-order valence-electron chi connectivity index (χ1n) is 6.02. The second kappa shape index (κ2) is 7.41. The molecule has 2 heteroatoms. The largest absolute Gasteiger partial charge is 0.328 e. The van der Waals surface area contributed by atoms with Gasteiger partial charge in [-0.05, 0) is 12.8 Å². The second-order valence-corrected chi connectivity index (χ2v) is 4.16. The zero-order valence-electron chi connectivity index (χ0n) is 9.73. The summed E-state index contributed by atoms with van der Waals surface area (Å²) in [4.78, 5) is 0. The van der Waals surface area contributed by atoms with Gasteiger partial charge in [0.25, 0.3) is 0 Å². The predicted molar refractivity (Wildman–Crippen MR) is 63.4 cm³/mol. The van der Waals surface area contributed by atoms with Gasteiger partial charge in [0.15, 0.2) is 12.4 Å². The Morgan fingerprint density at radius 2 is 1.73 bits per heavy atom. The van der Waals surface area contributed by atoms with Crippen molar-refractivity contribution in [1.29, 1.82) is 0 Å². The maximum Gasteiger partial charge on any atom is 0.168 e. The summed E-state index contributed by atoms with van der Waals surface area (Å²) in [7, 11) is 0. The summed E-state index contributed by atoms with van der Waals surface area (Å²) >= 11 is 0. The van der Waals surface area contributed by atoms with E-state index in [4.69, 9.17) is 5.73 Å². The molecule has 0 fully saturated rings. The van der Waals surface area contributed by atoms with E-state index in [1.165, 1.54) is 25.7 Å². The Labute approximate surface area is 93.1 Å². The van der Waals surface area contributed by atoms with Crippen molar-refractivity contribution in [2.24, 2.45) is 5.73 Å². The van der Waals surface area contributed by atoms with Crippen molar-refractivity contribution in [3.05, 3.63) is 30.6 Å². The van der Waals surface area contributed by atoms with Crippen LogP contribution in [0.15, 0.2) is 30.6 Å². The Bertz CT molecular complexity index is 246. The molecule has 1 atom stereocenters. The Balaban J connectivity index is 2.11. The van der Waals surface area contributed by atoms with Gasteiger partial charge in [0.2, 0.25) is 0 Å². The van der Waals surface area contributed by atoms with Crippen molar-refractivity contribution in [3.63, 3.8) is 0 Å². The minimum atomic E-state index is 0.397. The van der Waals surface area contributed by atoms with Crippen molar-refractivity contribution in [3.8, 4) is 0 Å². The number of nitrogens with two attached hydrogens (primary N) is 1. The van der Waals surface area contributed by atoms with Gasteiger partial charge >= 0.3 is 0 Å². The lowest BCUT2D eigenvalue weighted by Gasteiger charge is -2.08. The summed E-state index contributed by atoms with van der Waals surface area (Å²) in [5.74, 6) is 0. The third-order valence-corrected chi connectivity index (χ3v) is 2.70. The fraction of sp³-hybridized carbons (Fsp3) is 0.615. The molecule has 15 heavy (non-hydrogen) atoms. The summed E-state index contributed by atoms with van der Waals surface area (Å²) in [6, 6.07) is 6.58. The number of aryl methyl sites for hydroxylation is 1. The Hall–Kier alpha value is -0.890. The van der Waals surface area contributed by atoms with Crippen molar-refractivity contribution in [2.75, 3.05) is 0 Å². The summed E-state index contributed by atoms with van der Waals surface area (Å²) in [5.41, 5.74) is 6.01. The molecule has 1 heterocycles. The SMILES string of the molecule is CCCCC(N)CCC[n+]1ccccc1. The quantitative estimate of drug-likeness (QED) is 0.683. The second-order valence-electron chi connectivity index (χ2n) is 4.16. The molecule has 0 spiro atoms. The molecule has 84 valence electrons. The zero-order valence-corrected chi connectivity index (χ0v) is 9.73. The van der Waals surface area contributed by atoms with Crippen LogP contribution in [0.2, 0.25) is 0 Å². The summed E-state index contributed by atoms with van der Waals surface area (Å²) < 4.78 is 2.21. The first-order chi connectivity index (χ1) is 7.33. The molecule has 0 saturated carbocycles. The average Bonchev–Trinajstić information content (AvgIpc) is 2.28. The molecular weight excluding hydrogens is 184 g/mol. The molecule has 0 aliphatic carbocycles. The summed E-state index contributed by atoms with van der Waals surface area (Å²) in [5, 5.41) is 0. The van der Waals surface area contributed by atoms with E-state index in [1.807, 2.05) is 6.07 Å². The number of nitrogens with zero attached hydrogens (tertiary/aromatic N) is 1. The van der Waals surface area contributed by atoms with Crippen LogP contribution in [0.3, 0.4) is 0 Å². The van der Waals surface area contributed by atoms with E-state index in [0.717, 1.165) is 13.0 Å². The molecule has 2 N–H and O–H groups in total. The minimum absolute atomic E-state index is 0.397. The van der Waals surface area contributed by atoms with Crippen molar-refractivity contribution < 1.29 is 4.57 Å². The molecule has 1 rings (SSSR count). The van der Waals surface area contributed by atoms with Crippen LogP contribution in [0.4, 0.5) is 0 Å². The molecular formula is C13H23N2+. The van der Waals surface area contributed by atoms with E-state index in [1.54, 1.807) is 0 Å².